The maximum Gasteiger partial charge on any atom is 0.323 e. The molecule has 15 heavy (non-hydrogen) atoms. The van der Waals surface area contributed by atoms with E-state index >= 15 is 0 Å². The van der Waals surface area contributed by atoms with Gasteiger partial charge in [-0.25, -0.2) is 9.97 Å². The van der Waals surface area contributed by atoms with Crippen molar-refractivity contribution in [2.24, 2.45) is 0 Å². The number of carbonyl (C=O) groups excluding carboxylic acids is 2. The molecule has 1 aliphatic rings. The Labute approximate surface area is 83.4 Å². The normalized spacial score (nSPS) is 14.3. The number of imide groups is 1. The van der Waals surface area contributed by atoms with Crippen LogP contribution in [0.1, 0.15) is 20.8 Å². The third-order valence-corrected chi connectivity index (χ3v) is 1.93. The van der Waals surface area contributed by atoms with Crippen LogP contribution in [0.15, 0.2) is 12.5 Å². The number of rotatable bonds is 2. The molecule has 7 nitrogen and oxygen atoms in total. The Bertz CT molecular complexity index is 436. The first-order chi connectivity index (χ1) is 7.11. The molecular weight excluding hydrogens is 202 g/mol. The standard InChI is InChI=1S/C8H5N3O4/c12-5(13)2-11-7(14)4-1-9-3-10-6(4)8(11)15/h1,3H,2H2,(H,12,13). The maximum absolute atomic E-state index is 11.5. The van der Waals surface area contributed by atoms with E-state index in [-0.39, 0.29) is 11.3 Å². The second kappa shape index (κ2) is 3.12. The van der Waals surface area contributed by atoms with E-state index in [0.717, 1.165) is 6.33 Å². The van der Waals surface area contributed by atoms with Crippen LogP contribution in [-0.2, 0) is 4.79 Å². The Morgan fingerprint density at radius 2 is 2.13 bits per heavy atom. The highest BCUT2D eigenvalue weighted by molar-refractivity contribution is 6.21. The number of amides is 2. The van der Waals surface area contributed by atoms with Gasteiger partial charge in [0.05, 0.1) is 5.56 Å². The Balaban J connectivity index is 2.41. The molecule has 0 unspecified atom stereocenters. The first-order valence-electron chi connectivity index (χ1n) is 3.99. The Morgan fingerprint density at radius 1 is 1.40 bits per heavy atom. The molecule has 0 spiro atoms. The quantitative estimate of drug-likeness (QED) is 0.634. The summed E-state index contributed by atoms with van der Waals surface area (Å²) in [4.78, 5) is 41.3. The molecule has 1 aliphatic heterocycles. The zero-order valence-electron chi connectivity index (χ0n) is 7.38. The van der Waals surface area contributed by atoms with Gasteiger partial charge in [-0.15, -0.1) is 0 Å². The largest absolute Gasteiger partial charge is 0.480 e. The van der Waals surface area contributed by atoms with Crippen molar-refractivity contribution in [3.8, 4) is 0 Å². The number of aromatic nitrogens is 2. The predicted molar refractivity (Wildman–Crippen MR) is 45.0 cm³/mol. The molecule has 1 aromatic heterocycles. The summed E-state index contributed by atoms with van der Waals surface area (Å²) in [6.45, 7) is -0.659. The van der Waals surface area contributed by atoms with Gasteiger partial charge in [-0.2, -0.15) is 0 Å². The lowest BCUT2D eigenvalue weighted by molar-refractivity contribution is -0.137. The molecule has 0 aromatic carbocycles. The number of carbonyl (C=O) groups is 3. The van der Waals surface area contributed by atoms with Gasteiger partial charge in [0.15, 0.2) is 0 Å². The third kappa shape index (κ3) is 1.33. The fraction of sp³-hybridized carbons (Fsp3) is 0.125. The van der Waals surface area contributed by atoms with Crippen LogP contribution >= 0.6 is 0 Å². The van der Waals surface area contributed by atoms with Crippen molar-refractivity contribution in [2.45, 2.75) is 0 Å². The zero-order valence-corrected chi connectivity index (χ0v) is 7.38. The van der Waals surface area contributed by atoms with Crippen LogP contribution in [0, 0.1) is 0 Å². The van der Waals surface area contributed by atoms with Crippen LogP contribution in [-0.4, -0.2) is 44.3 Å². The second-order valence-electron chi connectivity index (χ2n) is 2.88. The van der Waals surface area contributed by atoms with Crippen LogP contribution in [0.2, 0.25) is 0 Å². The molecule has 2 rings (SSSR count). The lowest BCUT2D eigenvalue weighted by Gasteiger charge is -2.08. The molecule has 7 heteroatoms. The van der Waals surface area contributed by atoms with E-state index in [1.54, 1.807) is 0 Å². The highest BCUT2D eigenvalue weighted by Gasteiger charge is 2.38. The van der Waals surface area contributed by atoms with Crippen molar-refractivity contribution in [3.63, 3.8) is 0 Å². The first-order valence-corrected chi connectivity index (χ1v) is 3.99. The molecule has 1 N–H and O–H groups in total. The van der Waals surface area contributed by atoms with Crippen molar-refractivity contribution in [2.75, 3.05) is 6.54 Å². The molecule has 1 aromatic rings. The highest BCUT2D eigenvalue weighted by Crippen LogP contribution is 2.18. The van der Waals surface area contributed by atoms with Crippen LogP contribution < -0.4 is 0 Å². The van der Waals surface area contributed by atoms with Crippen molar-refractivity contribution >= 4 is 17.8 Å². The summed E-state index contributed by atoms with van der Waals surface area (Å²) in [6.07, 6.45) is 2.33. The average Bonchev–Trinajstić information content (AvgIpc) is 2.44. The fourth-order valence-corrected chi connectivity index (χ4v) is 1.30. The molecular formula is C8H5N3O4. The summed E-state index contributed by atoms with van der Waals surface area (Å²) >= 11 is 0. The monoisotopic (exact) mass is 207 g/mol. The molecule has 0 fully saturated rings. The minimum atomic E-state index is -1.25. The Kier molecular flexibility index (Phi) is 1.93. The Morgan fingerprint density at radius 3 is 2.73 bits per heavy atom. The van der Waals surface area contributed by atoms with E-state index in [9.17, 15) is 14.4 Å². The number of hydrogen-bond donors (Lipinski definition) is 1. The summed E-state index contributed by atoms with van der Waals surface area (Å²) in [5, 5.41) is 8.51. The number of nitrogens with zero attached hydrogens (tertiary/aromatic N) is 3. The highest BCUT2D eigenvalue weighted by atomic mass is 16.4. The predicted octanol–water partition coefficient (Wildman–Crippen LogP) is -0.843. The summed E-state index contributed by atoms with van der Waals surface area (Å²) in [5.41, 5.74) is 0.000000000000000666. The number of carboxylic acid groups (broad SMARTS) is 1. The first kappa shape index (κ1) is 9.25. The van der Waals surface area contributed by atoms with Gasteiger partial charge in [0.2, 0.25) is 0 Å². The maximum atomic E-state index is 11.5. The third-order valence-electron chi connectivity index (χ3n) is 1.93. The van der Waals surface area contributed by atoms with E-state index in [4.69, 9.17) is 5.11 Å². The van der Waals surface area contributed by atoms with Crippen LogP contribution in [0.3, 0.4) is 0 Å². The lowest BCUT2D eigenvalue weighted by Crippen LogP contribution is -2.34. The van der Waals surface area contributed by atoms with Gasteiger partial charge in [-0.3, -0.25) is 19.3 Å². The zero-order chi connectivity index (χ0) is 11.0. The van der Waals surface area contributed by atoms with E-state index in [1.807, 2.05) is 0 Å². The molecule has 76 valence electrons. The molecule has 0 bridgehead atoms. The van der Waals surface area contributed by atoms with Gasteiger partial charge in [0.25, 0.3) is 11.8 Å². The molecule has 0 saturated heterocycles. The summed E-state index contributed by atoms with van der Waals surface area (Å²) < 4.78 is 0. The molecule has 0 radical (unpaired) electrons. The number of aliphatic carboxylic acids is 1. The van der Waals surface area contributed by atoms with Crippen LogP contribution in [0.5, 0.6) is 0 Å². The van der Waals surface area contributed by atoms with Gasteiger partial charge in [-0.05, 0) is 0 Å². The molecule has 2 amide bonds. The van der Waals surface area contributed by atoms with Gasteiger partial charge in [0.1, 0.15) is 18.6 Å². The Hall–Kier alpha value is -2.31. The second-order valence-corrected chi connectivity index (χ2v) is 2.88. The fourth-order valence-electron chi connectivity index (χ4n) is 1.30. The van der Waals surface area contributed by atoms with Gasteiger partial charge in [-0.1, -0.05) is 0 Å². The van der Waals surface area contributed by atoms with E-state index in [2.05, 4.69) is 9.97 Å². The minimum absolute atomic E-state index is 0.0451. The lowest BCUT2D eigenvalue weighted by atomic mass is 10.3. The van der Waals surface area contributed by atoms with Gasteiger partial charge >= 0.3 is 5.97 Å². The van der Waals surface area contributed by atoms with Gasteiger partial charge in [0, 0.05) is 6.20 Å². The minimum Gasteiger partial charge on any atom is -0.480 e. The van der Waals surface area contributed by atoms with Crippen molar-refractivity contribution < 1.29 is 19.5 Å². The van der Waals surface area contributed by atoms with Crippen LogP contribution in [0.25, 0.3) is 0 Å². The molecule has 2 heterocycles. The number of carboxylic acids is 1. The van der Waals surface area contributed by atoms with E-state index in [1.165, 1.54) is 6.20 Å². The summed E-state index contributed by atoms with van der Waals surface area (Å²) in [6, 6.07) is 0. The molecule has 0 aliphatic carbocycles. The SMILES string of the molecule is O=C(O)CN1C(=O)c2cncnc2C1=O. The number of hydrogen-bond acceptors (Lipinski definition) is 5. The van der Waals surface area contributed by atoms with Crippen molar-refractivity contribution in [1.29, 1.82) is 0 Å². The van der Waals surface area contributed by atoms with Crippen molar-refractivity contribution in [3.05, 3.63) is 23.8 Å². The topological polar surface area (TPSA) is 100 Å². The van der Waals surface area contributed by atoms with Crippen LogP contribution in [0.4, 0.5) is 0 Å². The van der Waals surface area contributed by atoms with Crippen molar-refractivity contribution in [1.82, 2.24) is 14.9 Å². The van der Waals surface area contributed by atoms with E-state index < -0.39 is 24.3 Å². The number of fused-ring (bicyclic) bond motifs is 1. The molecule has 0 atom stereocenters. The summed E-state index contributed by atoms with van der Waals surface area (Å²) in [5.74, 6) is -2.62. The van der Waals surface area contributed by atoms with E-state index in [0.29, 0.717) is 4.90 Å². The average molecular weight is 207 g/mol. The van der Waals surface area contributed by atoms with Gasteiger partial charge < -0.3 is 5.11 Å². The molecule has 0 saturated carbocycles. The summed E-state index contributed by atoms with van der Waals surface area (Å²) in [7, 11) is 0. The smallest absolute Gasteiger partial charge is 0.323 e.